The van der Waals surface area contributed by atoms with Gasteiger partial charge in [0.05, 0.1) is 33.0 Å². The lowest BCUT2D eigenvalue weighted by Crippen LogP contribution is -2.31. The molecule has 0 fully saturated rings. The number of rotatable bonds is 4. The van der Waals surface area contributed by atoms with Gasteiger partial charge in [-0.2, -0.15) is 0 Å². The highest BCUT2D eigenvalue weighted by atomic mass is 79.9. The van der Waals surface area contributed by atoms with Gasteiger partial charge < -0.3 is 0 Å². The molecule has 0 aliphatic carbocycles. The first-order chi connectivity index (χ1) is 13.1. The van der Waals surface area contributed by atoms with E-state index in [0.29, 0.717) is 22.3 Å². The lowest BCUT2D eigenvalue weighted by atomic mass is 10.2. The maximum atomic E-state index is 13.4. The fraction of sp³-hybridized carbons (Fsp3) is 0.0500. The molecule has 27 heavy (non-hydrogen) atoms. The number of nitrogens with zero attached hydrogens (tertiary/aromatic N) is 3. The van der Waals surface area contributed by atoms with Gasteiger partial charge in [-0.3, -0.25) is 14.7 Å². The van der Waals surface area contributed by atoms with Crippen LogP contribution in [-0.4, -0.2) is 15.9 Å². The summed E-state index contributed by atoms with van der Waals surface area (Å²) in [5.74, 6) is -0.217. The van der Waals surface area contributed by atoms with Gasteiger partial charge >= 0.3 is 0 Å². The predicted molar refractivity (Wildman–Crippen MR) is 114 cm³/mol. The second-order valence-corrected chi connectivity index (χ2v) is 8.13. The van der Waals surface area contributed by atoms with E-state index < -0.39 is 0 Å². The minimum Gasteiger partial charge on any atom is -0.278 e. The van der Waals surface area contributed by atoms with E-state index in [1.54, 1.807) is 29.3 Å². The number of para-hydroxylation sites is 1. The van der Waals surface area contributed by atoms with E-state index >= 15 is 0 Å². The van der Waals surface area contributed by atoms with Crippen LogP contribution < -0.4 is 4.90 Å². The molecule has 0 bridgehead atoms. The molecule has 2 aromatic heterocycles. The molecule has 7 heteroatoms. The number of amides is 1. The van der Waals surface area contributed by atoms with Crippen molar-refractivity contribution in [3.05, 3.63) is 87.6 Å². The zero-order valence-electron chi connectivity index (χ0n) is 14.0. The van der Waals surface area contributed by atoms with E-state index in [1.165, 1.54) is 11.3 Å². The van der Waals surface area contributed by atoms with Crippen molar-refractivity contribution >= 4 is 60.1 Å². The topological polar surface area (TPSA) is 46.1 Å². The molecule has 4 aromatic rings. The molecule has 0 spiro atoms. The van der Waals surface area contributed by atoms with E-state index in [2.05, 4.69) is 25.9 Å². The maximum Gasteiger partial charge on any atom is 0.261 e. The van der Waals surface area contributed by atoms with Crippen LogP contribution in [0.15, 0.2) is 71.3 Å². The minimum atomic E-state index is -0.217. The number of hydrogen-bond donors (Lipinski definition) is 0. The molecule has 4 nitrogen and oxygen atoms in total. The van der Waals surface area contributed by atoms with Crippen LogP contribution in [0.25, 0.3) is 10.2 Å². The molecule has 0 aliphatic heterocycles. The van der Waals surface area contributed by atoms with Crippen LogP contribution in [0.3, 0.4) is 0 Å². The summed E-state index contributed by atoms with van der Waals surface area (Å²) in [4.78, 5) is 24.0. The van der Waals surface area contributed by atoms with Crippen LogP contribution >= 0.6 is 38.9 Å². The Hall–Kier alpha value is -2.28. The van der Waals surface area contributed by atoms with E-state index in [0.717, 1.165) is 20.4 Å². The van der Waals surface area contributed by atoms with Gasteiger partial charge in [0.15, 0.2) is 5.13 Å². The second-order valence-electron chi connectivity index (χ2n) is 5.80. The van der Waals surface area contributed by atoms with Gasteiger partial charge in [0.2, 0.25) is 0 Å². The van der Waals surface area contributed by atoms with Crippen molar-refractivity contribution < 1.29 is 4.79 Å². The Morgan fingerprint density at radius 1 is 1.11 bits per heavy atom. The summed E-state index contributed by atoms with van der Waals surface area (Å²) in [6.45, 7) is 0.308. The highest BCUT2D eigenvalue weighted by molar-refractivity contribution is 9.10. The molecule has 4 rings (SSSR count). The fourth-order valence-electron chi connectivity index (χ4n) is 2.66. The van der Waals surface area contributed by atoms with E-state index in [4.69, 9.17) is 11.6 Å². The molecule has 1 amide bonds. The smallest absolute Gasteiger partial charge is 0.261 e. The van der Waals surface area contributed by atoms with Crippen LogP contribution in [0.4, 0.5) is 5.13 Å². The van der Waals surface area contributed by atoms with E-state index in [-0.39, 0.29) is 5.91 Å². The summed E-state index contributed by atoms with van der Waals surface area (Å²) in [5, 5.41) is 1.01. The molecule has 134 valence electrons. The van der Waals surface area contributed by atoms with Crippen molar-refractivity contribution in [1.82, 2.24) is 9.97 Å². The first-order valence-electron chi connectivity index (χ1n) is 8.14. The Bertz CT molecular complexity index is 1080. The number of hydrogen-bond acceptors (Lipinski definition) is 4. The number of pyridine rings is 1. The standard InChI is InChI=1S/C20H13BrClN3OS/c21-13-8-9-16(22)15(11-13)19(26)25(12-14-5-3-4-10-23-14)20-24-17-6-1-2-7-18(17)27-20/h1-11H,12H2. The van der Waals surface area contributed by atoms with Crippen molar-refractivity contribution in [3.8, 4) is 0 Å². The Morgan fingerprint density at radius 2 is 1.93 bits per heavy atom. The summed E-state index contributed by atoms with van der Waals surface area (Å²) >= 11 is 11.2. The number of fused-ring (bicyclic) bond motifs is 1. The highest BCUT2D eigenvalue weighted by Crippen LogP contribution is 2.32. The molecular formula is C20H13BrClN3OS. The third-order valence-corrected chi connectivity index (χ3v) is 5.85. The van der Waals surface area contributed by atoms with Crippen LogP contribution in [-0.2, 0) is 6.54 Å². The van der Waals surface area contributed by atoms with Gasteiger partial charge in [-0.25, -0.2) is 4.98 Å². The Morgan fingerprint density at radius 3 is 2.70 bits per heavy atom. The van der Waals surface area contributed by atoms with Crippen LogP contribution in [0.5, 0.6) is 0 Å². The molecule has 2 aromatic carbocycles. The predicted octanol–water partition coefficient (Wildman–Crippen LogP) is 5.95. The summed E-state index contributed by atoms with van der Waals surface area (Å²) in [5.41, 5.74) is 2.05. The number of thiazole rings is 1. The van der Waals surface area contributed by atoms with Crippen LogP contribution in [0, 0.1) is 0 Å². The number of halogens is 2. The number of benzene rings is 2. The maximum absolute atomic E-state index is 13.4. The zero-order valence-corrected chi connectivity index (χ0v) is 17.1. The third-order valence-electron chi connectivity index (χ3n) is 3.96. The molecule has 0 radical (unpaired) electrons. The average Bonchev–Trinajstić information content (AvgIpc) is 3.12. The monoisotopic (exact) mass is 457 g/mol. The lowest BCUT2D eigenvalue weighted by molar-refractivity contribution is 0.0985. The molecule has 0 unspecified atom stereocenters. The average molecular weight is 459 g/mol. The second kappa shape index (κ2) is 7.76. The van der Waals surface area contributed by atoms with Gasteiger partial charge in [0.25, 0.3) is 5.91 Å². The van der Waals surface area contributed by atoms with Crippen LogP contribution in [0.2, 0.25) is 5.02 Å². The van der Waals surface area contributed by atoms with Crippen molar-refractivity contribution in [1.29, 1.82) is 0 Å². The minimum absolute atomic E-state index is 0.217. The highest BCUT2D eigenvalue weighted by Gasteiger charge is 2.24. The Balaban J connectivity index is 1.79. The molecule has 0 aliphatic rings. The van der Waals surface area contributed by atoms with Crippen LogP contribution in [0.1, 0.15) is 16.1 Å². The fourth-order valence-corrected chi connectivity index (χ4v) is 4.18. The Kier molecular flexibility index (Phi) is 5.20. The van der Waals surface area contributed by atoms with Gasteiger partial charge in [-0.15, -0.1) is 0 Å². The van der Waals surface area contributed by atoms with Gasteiger partial charge in [-0.05, 0) is 42.5 Å². The number of anilines is 1. The molecular weight excluding hydrogens is 446 g/mol. The summed E-state index contributed by atoms with van der Waals surface area (Å²) in [7, 11) is 0. The lowest BCUT2D eigenvalue weighted by Gasteiger charge is -2.20. The van der Waals surface area contributed by atoms with E-state index in [1.807, 2.05) is 42.5 Å². The molecule has 0 atom stereocenters. The van der Waals surface area contributed by atoms with Crippen molar-refractivity contribution in [2.75, 3.05) is 4.90 Å². The largest absolute Gasteiger partial charge is 0.278 e. The summed E-state index contributed by atoms with van der Waals surface area (Å²) in [6, 6.07) is 18.7. The molecule has 0 N–H and O–H groups in total. The van der Waals surface area contributed by atoms with Gasteiger partial charge in [-0.1, -0.05) is 57.1 Å². The summed E-state index contributed by atoms with van der Waals surface area (Å²) < 4.78 is 1.81. The van der Waals surface area contributed by atoms with E-state index in [9.17, 15) is 4.79 Å². The van der Waals surface area contributed by atoms with Crippen molar-refractivity contribution in [2.24, 2.45) is 0 Å². The number of aromatic nitrogens is 2. The zero-order chi connectivity index (χ0) is 18.8. The molecule has 0 saturated heterocycles. The van der Waals surface area contributed by atoms with Gasteiger partial charge in [0, 0.05) is 10.7 Å². The third kappa shape index (κ3) is 3.88. The van der Waals surface area contributed by atoms with Gasteiger partial charge in [0.1, 0.15) is 0 Å². The summed E-state index contributed by atoms with van der Waals surface area (Å²) in [6.07, 6.45) is 1.71. The molecule has 2 heterocycles. The Labute approximate surface area is 173 Å². The first-order valence-corrected chi connectivity index (χ1v) is 10.1. The van der Waals surface area contributed by atoms with Crippen molar-refractivity contribution in [3.63, 3.8) is 0 Å². The normalized spacial score (nSPS) is 10.9. The molecule has 0 saturated carbocycles. The van der Waals surface area contributed by atoms with Crippen molar-refractivity contribution in [2.45, 2.75) is 6.54 Å². The quantitative estimate of drug-likeness (QED) is 0.379. The number of carbonyl (C=O) groups is 1. The SMILES string of the molecule is O=C(c1cc(Br)ccc1Cl)N(Cc1ccccn1)c1nc2ccccc2s1. The first kappa shape index (κ1) is 18.1. The number of carbonyl (C=O) groups excluding carboxylic acids is 1.